The molecule has 2 aromatic carbocycles. The first-order valence-electron chi connectivity index (χ1n) is 9.31. The molecule has 2 atom stereocenters. The van der Waals surface area contributed by atoms with Crippen molar-refractivity contribution < 1.29 is 24.5 Å². The number of nitrogens with zero attached hydrogens (tertiary/aromatic N) is 1. The summed E-state index contributed by atoms with van der Waals surface area (Å²) in [6.45, 7) is 0.341. The Balaban J connectivity index is 1.77. The molecule has 1 heterocycles. The lowest BCUT2D eigenvalue weighted by molar-refractivity contribution is -0.165. The Bertz CT molecular complexity index is 821. The van der Waals surface area contributed by atoms with Crippen LogP contribution in [0, 0.1) is 5.41 Å². The van der Waals surface area contributed by atoms with Gasteiger partial charge in [-0.05, 0) is 36.1 Å². The minimum atomic E-state index is -1.41. The summed E-state index contributed by atoms with van der Waals surface area (Å²) in [6, 6.07) is 16.5. The molecule has 2 aromatic rings. The fourth-order valence-corrected chi connectivity index (χ4v) is 3.74. The molecule has 0 saturated carbocycles. The smallest absolute Gasteiger partial charge is 0.314 e. The van der Waals surface area contributed by atoms with E-state index in [2.05, 4.69) is 0 Å². The number of amides is 1. The van der Waals surface area contributed by atoms with Gasteiger partial charge >= 0.3 is 5.97 Å². The second kappa shape index (κ2) is 8.44. The number of carboxylic acids is 1. The molecule has 3 rings (SSSR count). The number of aliphatic carboxylic acids is 1. The van der Waals surface area contributed by atoms with Crippen LogP contribution in [-0.4, -0.2) is 53.3 Å². The van der Waals surface area contributed by atoms with Gasteiger partial charge in [0.2, 0.25) is 5.91 Å². The summed E-state index contributed by atoms with van der Waals surface area (Å²) in [5, 5.41) is 20.5. The van der Waals surface area contributed by atoms with Crippen LogP contribution in [0.4, 0.5) is 0 Å². The van der Waals surface area contributed by atoms with Gasteiger partial charge in [0.1, 0.15) is 11.2 Å². The molecular formula is C22H25NO5. The molecule has 1 unspecified atom stereocenters. The first-order valence-corrected chi connectivity index (χ1v) is 9.31. The number of likely N-dealkylation sites (tertiary alicyclic amines) is 1. The lowest BCUT2D eigenvalue weighted by Crippen LogP contribution is -2.58. The van der Waals surface area contributed by atoms with Crippen molar-refractivity contribution in [1.29, 1.82) is 0 Å². The largest absolute Gasteiger partial charge is 0.497 e. The summed E-state index contributed by atoms with van der Waals surface area (Å²) in [6.07, 6.45) is -0.402. The van der Waals surface area contributed by atoms with Crippen LogP contribution in [0.2, 0.25) is 0 Å². The third-order valence-electron chi connectivity index (χ3n) is 5.44. The number of benzene rings is 2. The van der Waals surface area contributed by atoms with Crippen LogP contribution in [0.15, 0.2) is 54.6 Å². The van der Waals surface area contributed by atoms with E-state index in [4.69, 9.17) is 4.74 Å². The molecule has 0 aromatic heterocycles. The maximum absolute atomic E-state index is 12.8. The molecule has 6 nitrogen and oxygen atoms in total. The van der Waals surface area contributed by atoms with E-state index in [0.717, 1.165) is 11.1 Å². The predicted molar refractivity (Wildman–Crippen MR) is 104 cm³/mol. The van der Waals surface area contributed by atoms with E-state index in [1.807, 2.05) is 42.5 Å². The number of methoxy groups -OCH3 is 1. The Morgan fingerprint density at radius 2 is 1.79 bits per heavy atom. The van der Waals surface area contributed by atoms with E-state index in [-0.39, 0.29) is 31.7 Å². The minimum absolute atomic E-state index is 0.00657. The fraction of sp³-hybridized carbons (Fsp3) is 0.364. The molecule has 1 aliphatic rings. The second-order valence-electron chi connectivity index (χ2n) is 7.27. The maximum atomic E-state index is 12.8. The van der Waals surface area contributed by atoms with Crippen molar-refractivity contribution in [3.05, 3.63) is 65.7 Å². The number of rotatable bonds is 6. The van der Waals surface area contributed by atoms with Gasteiger partial charge in [-0.1, -0.05) is 42.5 Å². The lowest BCUT2D eigenvalue weighted by Gasteiger charge is -2.43. The van der Waals surface area contributed by atoms with Crippen molar-refractivity contribution in [3.8, 4) is 5.75 Å². The molecule has 1 aliphatic heterocycles. The number of ether oxygens (including phenoxy) is 1. The van der Waals surface area contributed by atoms with E-state index in [9.17, 15) is 19.8 Å². The Hall–Kier alpha value is -2.86. The highest BCUT2D eigenvalue weighted by molar-refractivity contribution is 5.82. The topological polar surface area (TPSA) is 87.1 Å². The summed E-state index contributed by atoms with van der Waals surface area (Å²) in [5.41, 5.74) is 0.254. The molecule has 1 fully saturated rings. The zero-order valence-electron chi connectivity index (χ0n) is 15.9. The van der Waals surface area contributed by atoms with Crippen LogP contribution in [0.5, 0.6) is 5.75 Å². The number of hydrogen-bond donors (Lipinski definition) is 2. The van der Waals surface area contributed by atoms with E-state index in [1.165, 1.54) is 0 Å². The van der Waals surface area contributed by atoms with Gasteiger partial charge in [-0.15, -0.1) is 0 Å². The lowest BCUT2D eigenvalue weighted by atomic mass is 9.72. The van der Waals surface area contributed by atoms with Crippen LogP contribution in [0.1, 0.15) is 17.5 Å². The highest BCUT2D eigenvalue weighted by Crippen LogP contribution is 2.35. The summed E-state index contributed by atoms with van der Waals surface area (Å²) in [7, 11) is 1.58. The van der Waals surface area contributed by atoms with Crippen molar-refractivity contribution in [2.24, 2.45) is 5.41 Å². The highest BCUT2D eigenvalue weighted by atomic mass is 16.5. The number of piperidine rings is 1. The van der Waals surface area contributed by atoms with Gasteiger partial charge in [-0.3, -0.25) is 9.59 Å². The Labute approximate surface area is 164 Å². The molecule has 28 heavy (non-hydrogen) atoms. The average molecular weight is 383 g/mol. The van der Waals surface area contributed by atoms with Crippen molar-refractivity contribution in [1.82, 2.24) is 4.90 Å². The number of carbonyl (C=O) groups is 2. The third-order valence-corrected chi connectivity index (χ3v) is 5.44. The number of carboxylic acid groups (broad SMARTS) is 1. The van der Waals surface area contributed by atoms with Gasteiger partial charge in [0.25, 0.3) is 0 Å². The monoisotopic (exact) mass is 383 g/mol. The van der Waals surface area contributed by atoms with Gasteiger partial charge in [0, 0.05) is 13.1 Å². The quantitative estimate of drug-likeness (QED) is 0.798. The molecule has 0 bridgehead atoms. The van der Waals surface area contributed by atoms with Gasteiger partial charge < -0.3 is 19.8 Å². The standard InChI is InChI=1S/C22H25NO5/c1-28-18-9-7-16(8-10-18)13-20(25)23-12-11-19(24)22(15-23,21(26)27)14-17-5-3-2-4-6-17/h2-10,19,24H,11-15H2,1H3,(H,26,27)/t19?,22-/m0/s1. The Kier molecular flexibility index (Phi) is 5.99. The first kappa shape index (κ1) is 19.9. The van der Waals surface area contributed by atoms with Crippen molar-refractivity contribution in [3.63, 3.8) is 0 Å². The summed E-state index contributed by atoms with van der Waals surface area (Å²) in [4.78, 5) is 26.6. The summed E-state index contributed by atoms with van der Waals surface area (Å²) >= 11 is 0. The van der Waals surface area contributed by atoms with E-state index in [0.29, 0.717) is 12.3 Å². The van der Waals surface area contributed by atoms with Gasteiger partial charge in [0.15, 0.2) is 0 Å². The zero-order chi connectivity index (χ0) is 20.1. The number of aliphatic hydroxyl groups excluding tert-OH is 1. The van der Waals surface area contributed by atoms with Crippen LogP contribution in [0.3, 0.4) is 0 Å². The Morgan fingerprint density at radius 3 is 2.39 bits per heavy atom. The molecular weight excluding hydrogens is 358 g/mol. The van der Waals surface area contributed by atoms with Crippen molar-refractivity contribution in [2.75, 3.05) is 20.2 Å². The normalized spacial score (nSPS) is 21.9. The van der Waals surface area contributed by atoms with Crippen LogP contribution in [0.25, 0.3) is 0 Å². The SMILES string of the molecule is COc1ccc(CC(=O)N2CCC(O)[C@@](Cc3ccccc3)(C(=O)O)C2)cc1. The predicted octanol–water partition coefficient (Wildman–Crippen LogP) is 2.14. The summed E-state index contributed by atoms with van der Waals surface area (Å²) in [5.74, 6) is -0.508. The molecule has 6 heteroatoms. The third kappa shape index (κ3) is 4.17. The average Bonchev–Trinajstić information content (AvgIpc) is 2.70. The van der Waals surface area contributed by atoms with Crippen molar-refractivity contribution >= 4 is 11.9 Å². The van der Waals surface area contributed by atoms with E-state index in [1.54, 1.807) is 24.1 Å². The molecule has 0 spiro atoms. The van der Waals surface area contributed by atoms with E-state index >= 15 is 0 Å². The van der Waals surface area contributed by atoms with Gasteiger partial charge in [-0.25, -0.2) is 0 Å². The first-order chi connectivity index (χ1) is 13.4. The molecule has 0 aliphatic carbocycles. The van der Waals surface area contributed by atoms with Crippen LogP contribution >= 0.6 is 0 Å². The highest BCUT2D eigenvalue weighted by Gasteiger charge is 2.50. The van der Waals surface area contributed by atoms with Gasteiger partial charge in [-0.2, -0.15) is 0 Å². The summed E-state index contributed by atoms with van der Waals surface area (Å²) < 4.78 is 5.12. The number of hydrogen-bond acceptors (Lipinski definition) is 4. The second-order valence-corrected chi connectivity index (χ2v) is 7.27. The molecule has 2 N–H and O–H groups in total. The number of carbonyl (C=O) groups excluding carboxylic acids is 1. The molecule has 148 valence electrons. The molecule has 1 amide bonds. The minimum Gasteiger partial charge on any atom is -0.497 e. The molecule has 1 saturated heterocycles. The van der Waals surface area contributed by atoms with Crippen LogP contribution < -0.4 is 4.74 Å². The fourth-order valence-electron chi connectivity index (χ4n) is 3.74. The van der Waals surface area contributed by atoms with Crippen molar-refractivity contribution in [2.45, 2.75) is 25.4 Å². The van der Waals surface area contributed by atoms with Gasteiger partial charge in [0.05, 0.1) is 19.6 Å². The zero-order valence-corrected chi connectivity index (χ0v) is 15.9. The van der Waals surface area contributed by atoms with Crippen LogP contribution in [-0.2, 0) is 22.4 Å². The molecule has 0 radical (unpaired) electrons. The Morgan fingerprint density at radius 1 is 1.11 bits per heavy atom. The van der Waals surface area contributed by atoms with E-state index < -0.39 is 17.5 Å². The number of aliphatic hydroxyl groups is 1. The maximum Gasteiger partial charge on any atom is 0.314 e.